The van der Waals surface area contributed by atoms with E-state index < -0.39 is 17.6 Å². The molecule has 1 atom stereocenters. The van der Waals surface area contributed by atoms with Crippen LogP contribution < -0.4 is 4.74 Å². The lowest BCUT2D eigenvalue weighted by molar-refractivity contribution is 0.0691. The van der Waals surface area contributed by atoms with Gasteiger partial charge in [-0.1, -0.05) is 43.3 Å². The van der Waals surface area contributed by atoms with E-state index in [0.717, 1.165) is 42.8 Å². The van der Waals surface area contributed by atoms with Crippen LogP contribution >= 0.6 is 11.6 Å². The van der Waals surface area contributed by atoms with E-state index in [1.165, 1.54) is 18.2 Å². The highest BCUT2D eigenvalue weighted by molar-refractivity contribution is 6.32. The summed E-state index contributed by atoms with van der Waals surface area (Å²) in [6.07, 6.45) is 2.88. The van der Waals surface area contributed by atoms with Gasteiger partial charge in [-0.15, -0.1) is 0 Å². The summed E-state index contributed by atoms with van der Waals surface area (Å²) in [7, 11) is 0. The number of alkyl halides is 1. The van der Waals surface area contributed by atoms with Gasteiger partial charge in [0.1, 0.15) is 23.5 Å². The molecule has 0 saturated carbocycles. The van der Waals surface area contributed by atoms with Crippen LogP contribution in [-0.4, -0.2) is 48.4 Å². The molecule has 0 bridgehead atoms. The van der Waals surface area contributed by atoms with Crippen molar-refractivity contribution in [1.29, 1.82) is 0 Å². The summed E-state index contributed by atoms with van der Waals surface area (Å²) in [5.74, 6) is -1.81. The van der Waals surface area contributed by atoms with Gasteiger partial charge in [-0.3, -0.25) is 9.29 Å². The third-order valence-electron chi connectivity index (χ3n) is 7.44. The number of halogens is 4. The van der Waals surface area contributed by atoms with Crippen LogP contribution in [0.15, 0.2) is 54.6 Å². The van der Waals surface area contributed by atoms with Crippen LogP contribution in [0.5, 0.6) is 5.75 Å². The maximum atomic E-state index is 15.4. The van der Waals surface area contributed by atoms with Crippen LogP contribution in [-0.2, 0) is 6.42 Å². The molecule has 0 spiro atoms. The second kappa shape index (κ2) is 12.9. The number of hydrogen-bond acceptors (Lipinski definition) is 3. The van der Waals surface area contributed by atoms with Crippen molar-refractivity contribution >= 4 is 28.7 Å². The fourth-order valence-electron chi connectivity index (χ4n) is 5.60. The number of rotatable bonds is 8. The zero-order chi connectivity index (χ0) is 27.5. The van der Waals surface area contributed by atoms with Gasteiger partial charge in [0.15, 0.2) is 0 Å². The number of aromatic carboxylic acids is 1. The van der Waals surface area contributed by atoms with Crippen molar-refractivity contribution in [2.75, 3.05) is 26.3 Å². The minimum Gasteiger partial charge on any atom is -0.489 e. The standard InChI is InChI=1S/C31H29ClF3NO3.CH4/c32-28-17-20(34)7-10-23(28)24-3-1-4-26-25(11-12-27(30(26)35)31(37)38)29(24)19-5-8-21(9-6-19)39-22-13-16-36(18-22)15-2-14-33;/h5-12,17,22H,1-4,13-16,18H2,(H,37,38);1H4/t22-;/m0./s1. The van der Waals surface area contributed by atoms with Gasteiger partial charge in [0.2, 0.25) is 0 Å². The smallest absolute Gasteiger partial charge is 0.338 e. The zero-order valence-corrected chi connectivity index (χ0v) is 22.1. The maximum Gasteiger partial charge on any atom is 0.338 e. The Bertz CT molecular complexity index is 1410. The lowest BCUT2D eigenvalue weighted by Gasteiger charge is -2.19. The Morgan fingerprint density at radius 3 is 2.50 bits per heavy atom. The fourth-order valence-corrected chi connectivity index (χ4v) is 5.88. The number of carboxylic acid groups (broad SMARTS) is 1. The third kappa shape index (κ3) is 6.21. The Morgan fingerprint density at radius 1 is 1.05 bits per heavy atom. The topological polar surface area (TPSA) is 49.8 Å². The summed E-state index contributed by atoms with van der Waals surface area (Å²) < 4.78 is 48.0. The van der Waals surface area contributed by atoms with Crippen LogP contribution in [0.2, 0.25) is 5.02 Å². The Hall–Kier alpha value is -3.29. The summed E-state index contributed by atoms with van der Waals surface area (Å²) in [5, 5.41) is 9.74. The van der Waals surface area contributed by atoms with Gasteiger partial charge in [-0.25, -0.2) is 13.6 Å². The van der Waals surface area contributed by atoms with E-state index in [2.05, 4.69) is 4.90 Å². The molecule has 4 nitrogen and oxygen atoms in total. The third-order valence-corrected chi connectivity index (χ3v) is 7.75. The second-order valence-electron chi connectivity index (χ2n) is 9.99. The molecule has 5 rings (SSSR count). The van der Waals surface area contributed by atoms with Crippen molar-refractivity contribution < 1.29 is 27.8 Å². The number of ether oxygens (including phenoxy) is 1. The molecule has 8 heteroatoms. The van der Waals surface area contributed by atoms with Crippen molar-refractivity contribution in [2.24, 2.45) is 0 Å². The molecule has 2 aliphatic rings. The average Bonchev–Trinajstić information content (AvgIpc) is 3.26. The van der Waals surface area contributed by atoms with E-state index in [1.807, 2.05) is 24.3 Å². The molecule has 1 heterocycles. The summed E-state index contributed by atoms with van der Waals surface area (Å²) in [6.45, 7) is 2.02. The molecule has 1 aliphatic carbocycles. The average molecular weight is 572 g/mol. The van der Waals surface area contributed by atoms with Crippen molar-refractivity contribution in [3.05, 3.63) is 99.1 Å². The first-order valence-corrected chi connectivity index (χ1v) is 13.5. The molecule has 0 aromatic heterocycles. The quantitative estimate of drug-likeness (QED) is 0.297. The van der Waals surface area contributed by atoms with Crippen molar-refractivity contribution in [3.63, 3.8) is 0 Å². The summed E-state index contributed by atoms with van der Waals surface area (Å²) >= 11 is 6.49. The molecule has 0 radical (unpaired) electrons. The van der Waals surface area contributed by atoms with E-state index in [1.54, 1.807) is 12.1 Å². The highest BCUT2D eigenvalue weighted by atomic mass is 35.5. The first-order valence-electron chi connectivity index (χ1n) is 13.1. The Morgan fingerprint density at radius 2 is 1.80 bits per heavy atom. The predicted octanol–water partition coefficient (Wildman–Crippen LogP) is 8.06. The van der Waals surface area contributed by atoms with Gasteiger partial charge in [0.25, 0.3) is 0 Å². The van der Waals surface area contributed by atoms with Crippen LogP contribution in [0.3, 0.4) is 0 Å². The Kier molecular flexibility index (Phi) is 9.59. The van der Waals surface area contributed by atoms with Gasteiger partial charge in [-0.05, 0) is 95.8 Å². The number of hydrogen-bond donors (Lipinski definition) is 1. The van der Waals surface area contributed by atoms with Crippen molar-refractivity contribution in [3.8, 4) is 5.75 Å². The molecule has 1 N–H and O–H groups in total. The van der Waals surface area contributed by atoms with Crippen molar-refractivity contribution in [2.45, 2.75) is 45.6 Å². The van der Waals surface area contributed by atoms with Crippen LogP contribution in [0, 0.1) is 11.6 Å². The minimum atomic E-state index is -1.32. The summed E-state index contributed by atoms with van der Waals surface area (Å²) in [4.78, 5) is 13.8. The van der Waals surface area contributed by atoms with Gasteiger partial charge < -0.3 is 9.84 Å². The van der Waals surface area contributed by atoms with E-state index in [4.69, 9.17) is 16.3 Å². The minimum absolute atomic E-state index is 0. The first kappa shape index (κ1) is 29.7. The highest BCUT2D eigenvalue weighted by Crippen LogP contribution is 2.43. The number of likely N-dealkylation sites (tertiary alicyclic amines) is 1. The monoisotopic (exact) mass is 571 g/mol. The van der Waals surface area contributed by atoms with E-state index in [9.17, 15) is 18.7 Å². The molecule has 1 aliphatic heterocycles. The number of nitrogens with zero attached hydrogens (tertiary/aromatic N) is 1. The van der Waals surface area contributed by atoms with E-state index in [-0.39, 0.29) is 30.8 Å². The number of fused-ring (bicyclic) bond motifs is 1. The van der Waals surface area contributed by atoms with Gasteiger partial charge >= 0.3 is 5.97 Å². The Labute approximate surface area is 238 Å². The van der Waals surface area contributed by atoms with Crippen LogP contribution in [0.4, 0.5) is 13.2 Å². The number of carboxylic acids is 1. The lowest BCUT2D eigenvalue weighted by Crippen LogP contribution is -2.26. The molecule has 0 amide bonds. The molecule has 40 heavy (non-hydrogen) atoms. The summed E-state index contributed by atoms with van der Waals surface area (Å²) in [6, 6.07) is 14.7. The highest BCUT2D eigenvalue weighted by Gasteiger charge is 2.27. The second-order valence-corrected chi connectivity index (χ2v) is 10.4. The largest absolute Gasteiger partial charge is 0.489 e. The predicted molar refractivity (Wildman–Crippen MR) is 153 cm³/mol. The van der Waals surface area contributed by atoms with Crippen LogP contribution in [0.1, 0.15) is 65.7 Å². The maximum absolute atomic E-state index is 15.4. The molecule has 212 valence electrons. The fraction of sp³-hybridized carbons (Fsp3) is 0.344. The van der Waals surface area contributed by atoms with E-state index >= 15 is 4.39 Å². The number of benzene rings is 3. The zero-order valence-electron chi connectivity index (χ0n) is 21.4. The molecule has 0 unspecified atom stereocenters. The first-order chi connectivity index (χ1) is 18.9. The molecule has 1 fully saturated rings. The van der Waals surface area contributed by atoms with Crippen molar-refractivity contribution in [1.82, 2.24) is 4.90 Å². The summed E-state index contributed by atoms with van der Waals surface area (Å²) in [5.41, 5.74) is 3.60. The van der Waals surface area contributed by atoms with Crippen LogP contribution in [0.25, 0.3) is 11.1 Å². The SMILES string of the molecule is C.O=C(O)c1ccc2c(c1F)CCCC(c1ccc(F)cc1Cl)=C2c1ccc(O[C@H]2CCN(CCCF)C2)cc1. The Balaban J connectivity index is 0.00000370. The van der Waals surface area contributed by atoms with Gasteiger partial charge in [0, 0.05) is 19.6 Å². The molecule has 1 saturated heterocycles. The van der Waals surface area contributed by atoms with Gasteiger partial charge in [0.05, 0.1) is 17.3 Å². The normalized spacial score (nSPS) is 17.2. The molecule has 3 aromatic rings. The molecular weight excluding hydrogens is 539 g/mol. The van der Waals surface area contributed by atoms with Gasteiger partial charge in [-0.2, -0.15) is 0 Å². The number of allylic oxidation sites excluding steroid dienone is 1. The van der Waals surface area contributed by atoms with E-state index in [0.29, 0.717) is 48.1 Å². The molecule has 3 aromatic carbocycles. The molecular formula is C32H33ClF3NO3. The number of carbonyl (C=O) groups is 1. The lowest BCUT2D eigenvalue weighted by atomic mass is 9.87.